The molecule has 0 fully saturated rings. The van der Waals surface area contributed by atoms with Gasteiger partial charge in [-0.25, -0.2) is 0 Å². The van der Waals surface area contributed by atoms with Crippen molar-refractivity contribution in [1.29, 1.82) is 0 Å². The number of hydrogen-bond donors (Lipinski definition) is 2. The molecule has 1 unspecified atom stereocenters. The number of carboxylic acid groups (broad SMARTS) is 1. The minimum atomic E-state index is -0.844. The highest BCUT2D eigenvalue weighted by atomic mass is 16.5. The highest BCUT2D eigenvalue weighted by molar-refractivity contribution is 5.97. The van der Waals surface area contributed by atoms with Gasteiger partial charge in [-0.15, -0.1) is 0 Å². The lowest BCUT2D eigenvalue weighted by Gasteiger charge is -2.14. The van der Waals surface area contributed by atoms with E-state index in [0.717, 1.165) is 11.1 Å². The van der Waals surface area contributed by atoms with Crippen molar-refractivity contribution in [1.82, 2.24) is 5.32 Å². The molecule has 0 aliphatic heterocycles. The van der Waals surface area contributed by atoms with Gasteiger partial charge in [0, 0.05) is 12.6 Å². The zero-order valence-corrected chi connectivity index (χ0v) is 19.5. The van der Waals surface area contributed by atoms with Crippen molar-refractivity contribution < 1.29 is 28.9 Å². The van der Waals surface area contributed by atoms with E-state index >= 15 is 0 Å². The van der Waals surface area contributed by atoms with Crippen molar-refractivity contribution in [2.75, 3.05) is 14.2 Å². The van der Waals surface area contributed by atoms with Crippen molar-refractivity contribution in [2.45, 2.75) is 26.3 Å². The maximum atomic E-state index is 12.9. The van der Waals surface area contributed by atoms with E-state index in [-0.39, 0.29) is 5.91 Å². The molecule has 3 aromatic carbocycles. The van der Waals surface area contributed by atoms with Gasteiger partial charge < -0.3 is 24.6 Å². The van der Waals surface area contributed by atoms with Crippen molar-refractivity contribution in [3.8, 4) is 23.0 Å². The van der Waals surface area contributed by atoms with E-state index < -0.39 is 11.9 Å². The quantitative estimate of drug-likeness (QED) is 0.412. The van der Waals surface area contributed by atoms with Crippen LogP contribution in [0, 0.1) is 5.92 Å². The fourth-order valence-electron chi connectivity index (χ4n) is 3.50. The Morgan fingerprint density at radius 3 is 2.24 bits per heavy atom. The third kappa shape index (κ3) is 6.51. The van der Waals surface area contributed by atoms with Crippen LogP contribution >= 0.6 is 0 Å². The van der Waals surface area contributed by atoms with Crippen LogP contribution in [-0.2, 0) is 17.8 Å². The van der Waals surface area contributed by atoms with Crippen LogP contribution in [0.25, 0.3) is 0 Å². The molecule has 3 aromatic rings. The van der Waals surface area contributed by atoms with E-state index in [9.17, 15) is 14.7 Å². The maximum Gasteiger partial charge on any atom is 0.306 e. The van der Waals surface area contributed by atoms with Crippen LogP contribution in [0.3, 0.4) is 0 Å². The molecular formula is C27H29NO6. The minimum Gasteiger partial charge on any atom is -0.497 e. The third-order valence-corrected chi connectivity index (χ3v) is 5.49. The molecule has 0 saturated carbocycles. The molecule has 178 valence electrons. The van der Waals surface area contributed by atoms with E-state index in [1.807, 2.05) is 49.4 Å². The number of ether oxygens (including phenoxy) is 3. The van der Waals surface area contributed by atoms with Gasteiger partial charge in [-0.2, -0.15) is 0 Å². The normalized spacial score (nSPS) is 11.4. The summed E-state index contributed by atoms with van der Waals surface area (Å²) in [7, 11) is 3.10. The van der Waals surface area contributed by atoms with Gasteiger partial charge in [0.25, 0.3) is 5.91 Å². The van der Waals surface area contributed by atoms with E-state index in [4.69, 9.17) is 14.2 Å². The molecular weight excluding hydrogens is 434 g/mol. The number of carboxylic acids is 1. The van der Waals surface area contributed by atoms with Crippen molar-refractivity contribution in [3.05, 3.63) is 83.4 Å². The Labute approximate surface area is 199 Å². The Morgan fingerprint density at radius 2 is 1.59 bits per heavy atom. The second-order valence-electron chi connectivity index (χ2n) is 7.79. The van der Waals surface area contributed by atoms with Gasteiger partial charge in [0.2, 0.25) is 0 Å². The Balaban J connectivity index is 1.64. The predicted octanol–water partition coefficient (Wildman–Crippen LogP) is 5.08. The summed E-state index contributed by atoms with van der Waals surface area (Å²) in [6.07, 6.45) is 0.866. The van der Waals surface area contributed by atoms with Gasteiger partial charge in [0.1, 0.15) is 23.0 Å². The molecule has 0 spiro atoms. The molecule has 0 aliphatic rings. The fourth-order valence-corrected chi connectivity index (χ4v) is 3.50. The zero-order chi connectivity index (χ0) is 24.5. The van der Waals surface area contributed by atoms with Crippen LogP contribution in [0.4, 0.5) is 0 Å². The molecule has 3 rings (SSSR count). The molecule has 0 aliphatic carbocycles. The lowest BCUT2D eigenvalue weighted by molar-refractivity contribution is -0.141. The van der Waals surface area contributed by atoms with Gasteiger partial charge in [-0.3, -0.25) is 9.59 Å². The van der Waals surface area contributed by atoms with Crippen LogP contribution in [0.2, 0.25) is 0 Å². The van der Waals surface area contributed by atoms with Crippen molar-refractivity contribution >= 4 is 11.9 Å². The Morgan fingerprint density at radius 1 is 0.882 bits per heavy atom. The first-order chi connectivity index (χ1) is 16.4. The summed E-state index contributed by atoms with van der Waals surface area (Å²) < 4.78 is 16.4. The first-order valence-electron chi connectivity index (χ1n) is 11.0. The lowest BCUT2D eigenvalue weighted by Crippen LogP contribution is -2.24. The van der Waals surface area contributed by atoms with Crippen LogP contribution in [-0.4, -0.2) is 31.2 Å². The van der Waals surface area contributed by atoms with E-state index in [1.165, 1.54) is 7.11 Å². The second kappa shape index (κ2) is 11.7. The van der Waals surface area contributed by atoms with Crippen LogP contribution < -0.4 is 19.5 Å². The zero-order valence-electron chi connectivity index (χ0n) is 19.5. The van der Waals surface area contributed by atoms with Crippen LogP contribution in [0.1, 0.15) is 34.8 Å². The Kier molecular flexibility index (Phi) is 8.51. The number of amides is 1. The summed E-state index contributed by atoms with van der Waals surface area (Å²) in [4.78, 5) is 24.2. The summed E-state index contributed by atoms with van der Waals surface area (Å²) in [5.74, 6) is 0.849. The Hall–Kier alpha value is -4.00. The molecule has 0 aromatic heterocycles. The first-order valence-corrected chi connectivity index (χ1v) is 11.0. The summed E-state index contributed by atoms with van der Waals surface area (Å²) in [5, 5.41) is 12.2. The molecule has 1 amide bonds. The monoisotopic (exact) mass is 463 g/mol. The second-order valence-corrected chi connectivity index (χ2v) is 7.79. The Bertz CT molecular complexity index is 1130. The fraction of sp³-hybridized carbons (Fsp3) is 0.259. The molecule has 0 saturated heterocycles. The largest absolute Gasteiger partial charge is 0.497 e. The number of carbonyl (C=O) groups is 2. The van der Waals surface area contributed by atoms with Gasteiger partial charge in [-0.1, -0.05) is 31.2 Å². The molecule has 0 heterocycles. The number of aliphatic carboxylic acids is 1. The number of carbonyl (C=O) groups excluding carboxylic acids is 1. The number of benzene rings is 3. The molecule has 7 heteroatoms. The highest BCUT2D eigenvalue weighted by Crippen LogP contribution is 2.26. The van der Waals surface area contributed by atoms with Crippen LogP contribution in [0.15, 0.2) is 66.7 Å². The number of nitrogens with one attached hydrogen (secondary N) is 1. The molecule has 0 bridgehead atoms. The maximum absolute atomic E-state index is 12.9. The average Bonchev–Trinajstić information content (AvgIpc) is 2.86. The third-order valence-electron chi connectivity index (χ3n) is 5.49. The summed E-state index contributed by atoms with van der Waals surface area (Å²) >= 11 is 0. The highest BCUT2D eigenvalue weighted by Gasteiger charge is 2.18. The molecule has 34 heavy (non-hydrogen) atoms. The van der Waals surface area contributed by atoms with Crippen molar-refractivity contribution in [2.24, 2.45) is 5.92 Å². The molecule has 7 nitrogen and oxygen atoms in total. The SMILES string of the molecule is CCC(Cc1ccc(OC)c(C(=O)NCc2ccc(Oc3cccc(OC)c3)cc2)c1)C(=O)O. The average molecular weight is 464 g/mol. The van der Waals surface area contributed by atoms with E-state index in [2.05, 4.69) is 5.32 Å². The summed E-state index contributed by atoms with van der Waals surface area (Å²) in [5.41, 5.74) is 2.05. The lowest BCUT2D eigenvalue weighted by atomic mass is 9.95. The van der Waals surface area contributed by atoms with Gasteiger partial charge >= 0.3 is 5.97 Å². The standard InChI is InChI=1S/C27H29NO6/c1-4-20(27(30)31)14-19-10-13-25(33-3)24(15-19)26(29)28-17-18-8-11-21(12-9-18)34-23-7-5-6-22(16-23)32-2/h5-13,15-16,20H,4,14,17H2,1-3H3,(H,28,29)(H,30,31). The smallest absolute Gasteiger partial charge is 0.306 e. The van der Waals surface area contributed by atoms with Gasteiger partial charge in [0.15, 0.2) is 0 Å². The van der Waals surface area contributed by atoms with Crippen molar-refractivity contribution in [3.63, 3.8) is 0 Å². The number of methoxy groups -OCH3 is 2. The number of rotatable bonds is 11. The summed E-state index contributed by atoms with van der Waals surface area (Å²) in [6, 6.07) is 20.0. The number of hydrogen-bond acceptors (Lipinski definition) is 5. The van der Waals surface area contributed by atoms with Crippen LogP contribution in [0.5, 0.6) is 23.0 Å². The van der Waals surface area contributed by atoms with E-state index in [0.29, 0.717) is 47.9 Å². The minimum absolute atomic E-state index is 0.293. The van der Waals surface area contributed by atoms with E-state index in [1.54, 1.807) is 31.4 Å². The predicted molar refractivity (Wildman–Crippen MR) is 129 cm³/mol. The van der Waals surface area contributed by atoms with Gasteiger partial charge in [-0.05, 0) is 60.4 Å². The first kappa shape index (κ1) is 24.6. The molecule has 1 atom stereocenters. The summed E-state index contributed by atoms with van der Waals surface area (Å²) in [6.45, 7) is 2.15. The molecule has 0 radical (unpaired) electrons. The topological polar surface area (TPSA) is 94.1 Å². The molecule has 2 N–H and O–H groups in total. The van der Waals surface area contributed by atoms with Gasteiger partial charge in [0.05, 0.1) is 25.7 Å².